The number of benzene rings is 1. The molecule has 1 rings (SSSR count). The van der Waals surface area contributed by atoms with Crippen molar-refractivity contribution in [1.82, 2.24) is 0 Å². The van der Waals surface area contributed by atoms with Crippen LogP contribution in [0.4, 0.5) is 0 Å². The van der Waals surface area contributed by atoms with Crippen LogP contribution in [0.2, 0.25) is 5.02 Å². The minimum atomic E-state index is -0.639. The van der Waals surface area contributed by atoms with E-state index in [0.29, 0.717) is 16.3 Å². The van der Waals surface area contributed by atoms with Crippen molar-refractivity contribution in [3.8, 4) is 5.75 Å². The molecule has 0 amide bonds. The monoisotopic (exact) mass is 215 g/mol. The summed E-state index contributed by atoms with van der Waals surface area (Å²) in [6.07, 6.45) is -0.639. The predicted octanol–water partition coefficient (Wildman–Crippen LogP) is 1.73. The van der Waals surface area contributed by atoms with Crippen LogP contribution in [0, 0.1) is 0 Å². The molecule has 14 heavy (non-hydrogen) atoms. The van der Waals surface area contributed by atoms with E-state index in [0.717, 1.165) is 0 Å². The number of aliphatic hydroxyl groups excluding tert-OH is 1. The largest absolute Gasteiger partial charge is 0.497 e. The highest BCUT2D eigenvalue weighted by Crippen LogP contribution is 2.27. The SMILES string of the molecule is COc1ccc(Cl)c([C@@H](N)[C@@H](C)O)c1. The van der Waals surface area contributed by atoms with Crippen LogP contribution in [0.5, 0.6) is 5.75 Å². The second kappa shape index (κ2) is 4.64. The molecule has 0 aliphatic rings. The molecule has 0 bridgehead atoms. The molecule has 3 nitrogen and oxygen atoms in total. The van der Waals surface area contributed by atoms with E-state index in [9.17, 15) is 5.11 Å². The maximum Gasteiger partial charge on any atom is 0.119 e. The van der Waals surface area contributed by atoms with Crippen molar-refractivity contribution in [2.75, 3.05) is 7.11 Å². The third kappa shape index (κ3) is 2.38. The number of rotatable bonds is 3. The van der Waals surface area contributed by atoms with Crippen LogP contribution >= 0.6 is 11.6 Å². The molecule has 0 unspecified atom stereocenters. The Kier molecular flexibility index (Phi) is 3.75. The molecule has 0 aliphatic heterocycles. The van der Waals surface area contributed by atoms with Crippen molar-refractivity contribution in [3.63, 3.8) is 0 Å². The maximum absolute atomic E-state index is 9.34. The van der Waals surface area contributed by atoms with Gasteiger partial charge in [-0.25, -0.2) is 0 Å². The quantitative estimate of drug-likeness (QED) is 0.808. The van der Waals surface area contributed by atoms with E-state index >= 15 is 0 Å². The summed E-state index contributed by atoms with van der Waals surface area (Å²) < 4.78 is 5.04. The summed E-state index contributed by atoms with van der Waals surface area (Å²) in [5.41, 5.74) is 6.47. The van der Waals surface area contributed by atoms with Gasteiger partial charge in [-0.05, 0) is 30.7 Å². The van der Waals surface area contributed by atoms with Gasteiger partial charge >= 0.3 is 0 Å². The number of hydrogen-bond donors (Lipinski definition) is 2. The molecule has 0 saturated heterocycles. The van der Waals surface area contributed by atoms with E-state index in [1.807, 2.05) is 0 Å². The summed E-state index contributed by atoms with van der Waals surface area (Å²) in [4.78, 5) is 0. The zero-order chi connectivity index (χ0) is 10.7. The fraction of sp³-hybridized carbons (Fsp3) is 0.400. The van der Waals surface area contributed by atoms with Gasteiger partial charge < -0.3 is 15.6 Å². The Bertz CT molecular complexity index is 315. The highest BCUT2D eigenvalue weighted by atomic mass is 35.5. The Morgan fingerprint density at radius 1 is 1.50 bits per heavy atom. The molecule has 3 N–H and O–H groups in total. The molecule has 78 valence electrons. The topological polar surface area (TPSA) is 55.5 Å². The summed E-state index contributed by atoms with van der Waals surface area (Å²) in [5.74, 6) is 0.681. The first-order valence-electron chi connectivity index (χ1n) is 4.33. The molecule has 2 atom stereocenters. The van der Waals surface area contributed by atoms with Crippen molar-refractivity contribution < 1.29 is 9.84 Å². The fourth-order valence-corrected chi connectivity index (χ4v) is 1.41. The van der Waals surface area contributed by atoms with Crippen molar-refractivity contribution in [2.45, 2.75) is 19.1 Å². The zero-order valence-electron chi connectivity index (χ0n) is 8.20. The van der Waals surface area contributed by atoms with E-state index in [1.165, 1.54) is 0 Å². The molecular weight excluding hydrogens is 202 g/mol. The highest BCUT2D eigenvalue weighted by Gasteiger charge is 2.15. The van der Waals surface area contributed by atoms with Gasteiger partial charge in [0.05, 0.1) is 19.3 Å². The van der Waals surface area contributed by atoms with Crippen LogP contribution < -0.4 is 10.5 Å². The molecular formula is C10H14ClNO2. The molecule has 0 radical (unpaired) electrons. The van der Waals surface area contributed by atoms with E-state index < -0.39 is 12.1 Å². The van der Waals surface area contributed by atoms with E-state index in [2.05, 4.69) is 0 Å². The average Bonchev–Trinajstić information content (AvgIpc) is 2.17. The van der Waals surface area contributed by atoms with Gasteiger partial charge in [-0.3, -0.25) is 0 Å². The Morgan fingerprint density at radius 2 is 2.14 bits per heavy atom. The number of methoxy groups -OCH3 is 1. The van der Waals surface area contributed by atoms with Crippen LogP contribution in [0.25, 0.3) is 0 Å². The first-order chi connectivity index (χ1) is 6.56. The smallest absolute Gasteiger partial charge is 0.119 e. The standard InChI is InChI=1S/C10H14ClNO2/c1-6(13)10(12)8-5-7(14-2)3-4-9(8)11/h3-6,10,13H,12H2,1-2H3/t6-,10+/m1/s1. The van der Waals surface area contributed by atoms with Gasteiger partial charge in [-0.2, -0.15) is 0 Å². The molecule has 0 fully saturated rings. The molecule has 4 heteroatoms. The second-order valence-corrected chi connectivity index (χ2v) is 3.56. The van der Waals surface area contributed by atoms with Gasteiger partial charge in [-0.15, -0.1) is 0 Å². The fourth-order valence-electron chi connectivity index (χ4n) is 1.16. The molecule has 0 aromatic heterocycles. The van der Waals surface area contributed by atoms with Gasteiger partial charge in [0, 0.05) is 5.02 Å². The lowest BCUT2D eigenvalue weighted by atomic mass is 10.0. The van der Waals surface area contributed by atoms with Crippen LogP contribution in [-0.2, 0) is 0 Å². The Labute approximate surface area is 88.4 Å². The maximum atomic E-state index is 9.34. The zero-order valence-corrected chi connectivity index (χ0v) is 8.95. The van der Waals surface area contributed by atoms with Crippen LogP contribution in [-0.4, -0.2) is 18.3 Å². The molecule has 0 spiro atoms. The molecule has 0 heterocycles. The van der Waals surface area contributed by atoms with Crippen LogP contribution in [0.1, 0.15) is 18.5 Å². The number of ether oxygens (including phenoxy) is 1. The first kappa shape index (κ1) is 11.3. The lowest BCUT2D eigenvalue weighted by Crippen LogP contribution is -2.23. The van der Waals surface area contributed by atoms with Crippen LogP contribution in [0.3, 0.4) is 0 Å². The lowest BCUT2D eigenvalue weighted by Gasteiger charge is -2.17. The van der Waals surface area contributed by atoms with Crippen molar-refractivity contribution in [2.24, 2.45) is 5.73 Å². The van der Waals surface area contributed by atoms with E-state index in [1.54, 1.807) is 32.2 Å². The first-order valence-corrected chi connectivity index (χ1v) is 4.71. The number of hydrogen-bond acceptors (Lipinski definition) is 3. The Hall–Kier alpha value is -0.770. The van der Waals surface area contributed by atoms with Crippen LogP contribution in [0.15, 0.2) is 18.2 Å². The summed E-state index contributed by atoms with van der Waals surface area (Å²) in [6.45, 7) is 1.63. The minimum Gasteiger partial charge on any atom is -0.497 e. The number of aliphatic hydroxyl groups is 1. The summed E-state index contributed by atoms with van der Waals surface area (Å²) >= 11 is 5.95. The third-order valence-electron chi connectivity index (χ3n) is 2.08. The predicted molar refractivity (Wildman–Crippen MR) is 56.6 cm³/mol. The van der Waals surface area contributed by atoms with Gasteiger partial charge in [0.1, 0.15) is 5.75 Å². The van der Waals surface area contributed by atoms with Crippen molar-refractivity contribution >= 4 is 11.6 Å². The number of halogens is 1. The Morgan fingerprint density at radius 3 is 2.64 bits per heavy atom. The normalized spacial score (nSPS) is 14.9. The van der Waals surface area contributed by atoms with Gasteiger partial charge in [0.15, 0.2) is 0 Å². The van der Waals surface area contributed by atoms with Crippen molar-refractivity contribution in [1.29, 1.82) is 0 Å². The number of nitrogens with two attached hydrogens (primary N) is 1. The van der Waals surface area contributed by atoms with Gasteiger partial charge in [-0.1, -0.05) is 11.6 Å². The minimum absolute atomic E-state index is 0.488. The highest BCUT2D eigenvalue weighted by molar-refractivity contribution is 6.31. The molecule has 1 aromatic carbocycles. The lowest BCUT2D eigenvalue weighted by molar-refractivity contribution is 0.164. The van der Waals surface area contributed by atoms with Gasteiger partial charge in [0.25, 0.3) is 0 Å². The van der Waals surface area contributed by atoms with E-state index in [-0.39, 0.29) is 0 Å². The van der Waals surface area contributed by atoms with E-state index in [4.69, 9.17) is 22.1 Å². The summed E-state index contributed by atoms with van der Waals surface area (Å²) in [7, 11) is 1.57. The van der Waals surface area contributed by atoms with Crippen molar-refractivity contribution in [3.05, 3.63) is 28.8 Å². The van der Waals surface area contributed by atoms with Gasteiger partial charge in [0.2, 0.25) is 0 Å². The molecule has 1 aromatic rings. The summed E-state index contributed by atoms with van der Waals surface area (Å²) in [5, 5.41) is 9.88. The Balaban J connectivity index is 3.05. The average molecular weight is 216 g/mol. The third-order valence-corrected chi connectivity index (χ3v) is 2.43. The molecule has 0 saturated carbocycles. The molecule has 0 aliphatic carbocycles. The summed E-state index contributed by atoms with van der Waals surface area (Å²) in [6, 6.07) is 4.70. The second-order valence-electron chi connectivity index (χ2n) is 3.15.